The first-order chi connectivity index (χ1) is 13.1. The van der Waals surface area contributed by atoms with Crippen LogP contribution in [0.4, 0.5) is 0 Å². The average molecular weight is 369 g/mol. The lowest BCUT2D eigenvalue weighted by molar-refractivity contribution is -0.123. The van der Waals surface area contributed by atoms with Crippen molar-refractivity contribution in [3.8, 4) is 11.4 Å². The van der Waals surface area contributed by atoms with Crippen LogP contribution in [0.2, 0.25) is 0 Å². The van der Waals surface area contributed by atoms with Gasteiger partial charge in [-0.3, -0.25) is 9.48 Å². The first-order valence-corrected chi connectivity index (χ1v) is 8.84. The second kappa shape index (κ2) is 8.43. The van der Waals surface area contributed by atoms with Crippen molar-refractivity contribution in [3.05, 3.63) is 47.5 Å². The highest BCUT2D eigenvalue weighted by Crippen LogP contribution is 2.14. The van der Waals surface area contributed by atoms with Gasteiger partial charge in [-0.05, 0) is 60.5 Å². The number of rotatable bonds is 8. The fraction of sp³-hybridized carbons (Fsp3) is 0.389. The molecule has 3 aromatic rings. The molecule has 0 spiro atoms. The first kappa shape index (κ1) is 18.6. The minimum atomic E-state index is -0.170. The summed E-state index contributed by atoms with van der Waals surface area (Å²) in [5.41, 5.74) is 4.29. The number of benzene rings is 1. The lowest BCUT2D eigenvalue weighted by atomic mass is 10.1. The summed E-state index contributed by atoms with van der Waals surface area (Å²) < 4.78 is 8.99. The third-order valence-electron chi connectivity index (χ3n) is 4.35. The van der Waals surface area contributed by atoms with Crippen LogP contribution >= 0.6 is 0 Å². The Morgan fingerprint density at radius 1 is 1.22 bits per heavy atom. The van der Waals surface area contributed by atoms with E-state index in [0.717, 1.165) is 23.5 Å². The summed E-state index contributed by atoms with van der Waals surface area (Å²) >= 11 is 0. The Labute approximate surface area is 157 Å². The van der Waals surface area contributed by atoms with Crippen LogP contribution in [0.3, 0.4) is 0 Å². The van der Waals surface area contributed by atoms with Crippen LogP contribution in [0.15, 0.2) is 30.6 Å². The third-order valence-corrected chi connectivity index (χ3v) is 4.35. The normalized spacial score (nSPS) is 10.8. The van der Waals surface area contributed by atoms with E-state index in [1.807, 2.05) is 23.7 Å². The monoisotopic (exact) mass is 369 g/mol. The molecule has 142 valence electrons. The molecule has 9 nitrogen and oxygen atoms in total. The SMILES string of the molecule is CCc1c(C)nn(CCNC(=O)COc2ccc(-n3cnnn3)cc2)c1C. The molecular weight excluding hydrogens is 346 g/mol. The van der Waals surface area contributed by atoms with Gasteiger partial charge in [0.1, 0.15) is 12.1 Å². The van der Waals surface area contributed by atoms with Gasteiger partial charge in [0.05, 0.1) is 17.9 Å². The number of nitrogens with zero attached hydrogens (tertiary/aromatic N) is 6. The summed E-state index contributed by atoms with van der Waals surface area (Å²) in [4.78, 5) is 12.0. The van der Waals surface area contributed by atoms with Crippen molar-refractivity contribution in [2.24, 2.45) is 0 Å². The van der Waals surface area contributed by atoms with Gasteiger partial charge in [0, 0.05) is 12.2 Å². The Kier molecular flexibility index (Phi) is 5.80. The summed E-state index contributed by atoms with van der Waals surface area (Å²) in [5.74, 6) is 0.435. The number of tetrazole rings is 1. The zero-order valence-corrected chi connectivity index (χ0v) is 15.7. The number of hydrogen-bond acceptors (Lipinski definition) is 6. The molecule has 0 aliphatic heterocycles. The predicted octanol–water partition coefficient (Wildman–Crippen LogP) is 1.23. The molecule has 0 saturated heterocycles. The highest BCUT2D eigenvalue weighted by molar-refractivity contribution is 5.77. The third kappa shape index (κ3) is 4.49. The average Bonchev–Trinajstić information content (AvgIpc) is 3.29. The lowest BCUT2D eigenvalue weighted by Crippen LogP contribution is -2.32. The van der Waals surface area contributed by atoms with Crippen molar-refractivity contribution in [1.82, 2.24) is 35.3 Å². The minimum absolute atomic E-state index is 0.0401. The molecular formula is C18H23N7O2. The fourth-order valence-corrected chi connectivity index (χ4v) is 2.94. The van der Waals surface area contributed by atoms with Crippen molar-refractivity contribution in [2.45, 2.75) is 33.7 Å². The second-order valence-electron chi connectivity index (χ2n) is 6.11. The van der Waals surface area contributed by atoms with Gasteiger partial charge >= 0.3 is 0 Å². The standard InChI is InChI=1S/C18H23N7O2/c1-4-17-13(2)21-24(14(17)3)10-9-19-18(26)11-27-16-7-5-15(6-8-16)25-12-20-22-23-25/h5-8,12H,4,9-11H2,1-3H3,(H,19,26). The van der Waals surface area contributed by atoms with Gasteiger partial charge in [-0.25, -0.2) is 4.68 Å². The van der Waals surface area contributed by atoms with Crippen LogP contribution in [-0.4, -0.2) is 49.0 Å². The molecule has 1 amide bonds. The number of hydrogen-bond donors (Lipinski definition) is 1. The van der Waals surface area contributed by atoms with E-state index >= 15 is 0 Å². The van der Waals surface area contributed by atoms with Crippen molar-refractivity contribution in [1.29, 1.82) is 0 Å². The highest BCUT2D eigenvalue weighted by atomic mass is 16.5. The zero-order valence-electron chi connectivity index (χ0n) is 15.7. The summed E-state index contributed by atoms with van der Waals surface area (Å²) in [6.07, 6.45) is 2.47. The molecule has 9 heteroatoms. The van der Waals surface area contributed by atoms with E-state index in [9.17, 15) is 4.79 Å². The van der Waals surface area contributed by atoms with Gasteiger partial charge in [-0.15, -0.1) is 5.10 Å². The molecule has 1 aromatic carbocycles. The Balaban J connectivity index is 1.43. The van der Waals surface area contributed by atoms with Gasteiger partial charge in [-0.2, -0.15) is 5.10 Å². The Morgan fingerprint density at radius 2 is 2.00 bits per heavy atom. The number of carbonyl (C=O) groups excluding carboxylic acids is 1. The molecule has 2 heterocycles. The van der Waals surface area contributed by atoms with E-state index < -0.39 is 0 Å². The molecule has 0 radical (unpaired) electrons. The Hall–Kier alpha value is -3.23. The second-order valence-corrected chi connectivity index (χ2v) is 6.11. The quantitative estimate of drug-likeness (QED) is 0.641. The summed E-state index contributed by atoms with van der Waals surface area (Å²) in [6, 6.07) is 7.17. The van der Waals surface area contributed by atoms with E-state index in [0.29, 0.717) is 18.8 Å². The predicted molar refractivity (Wildman–Crippen MR) is 98.7 cm³/mol. The lowest BCUT2D eigenvalue weighted by Gasteiger charge is -2.09. The van der Waals surface area contributed by atoms with E-state index in [-0.39, 0.29) is 12.5 Å². The number of carbonyl (C=O) groups is 1. The van der Waals surface area contributed by atoms with Crippen LogP contribution in [0, 0.1) is 13.8 Å². The largest absolute Gasteiger partial charge is 0.484 e. The summed E-state index contributed by atoms with van der Waals surface area (Å²) in [7, 11) is 0. The topological polar surface area (TPSA) is 99.8 Å². The molecule has 0 atom stereocenters. The maximum atomic E-state index is 12.0. The maximum Gasteiger partial charge on any atom is 0.258 e. The van der Waals surface area contributed by atoms with E-state index in [4.69, 9.17) is 4.74 Å². The van der Waals surface area contributed by atoms with Gasteiger partial charge in [0.15, 0.2) is 6.61 Å². The molecule has 0 saturated carbocycles. The minimum Gasteiger partial charge on any atom is -0.484 e. The van der Waals surface area contributed by atoms with Crippen LogP contribution in [0.1, 0.15) is 23.9 Å². The van der Waals surface area contributed by atoms with Gasteiger partial charge in [-0.1, -0.05) is 6.92 Å². The molecule has 27 heavy (non-hydrogen) atoms. The molecule has 2 aromatic heterocycles. The molecule has 0 fully saturated rings. The van der Waals surface area contributed by atoms with Crippen molar-refractivity contribution >= 4 is 5.91 Å². The van der Waals surface area contributed by atoms with Gasteiger partial charge in [0.2, 0.25) is 0 Å². The van der Waals surface area contributed by atoms with Crippen molar-refractivity contribution < 1.29 is 9.53 Å². The number of aromatic nitrogens is 6. The number of amides is 1. The maximum absolute atomic E-state index is 12.0. The smallest absolute Gasteiger partial charge is 0.258 e. The first-order valence-electron chi connectivity index (χ1n) is 8.84. The molecule has 1 N–H and O–H groups in total. The summed E-state index contributed by atoms with van der Waals surface area (Å²) in [5, 5.41) is 18.4. The molecule has 0 aliphatic rings. The number of ether oxygens (including phenoxy) is 1. The van der Waals surface area contributed by atoms with E-state index in [2.05, 4.69) is 39.8 Å². The summed E-state index contributed by atoms with van der Waals surface area (Å²) in [6.45, 7) is 7.30. The van der Waals surface area contributed by atoms with Crippen LogP contribution in [0.5, 0.6) is 5.75 Å². The number of nitrogens with one attached hydrogen (secondary N) is 1. The highest BCUT2D eigenvalue weighted by Gasteiger charge is 2.10. The Bertz CT molecular complexity index is 885. The molecule has 0 bridgehead atoms. The fourth-order valence-electron chi connectivity index (χ4n) is 2.94. The number of aryl methyl sites for hydroxylation is 1. The zero-order chi connectivity index (χ0) is 19.2. The van der Waals surface area contributed by atoms with E-state index in [1.54, 1.807) is 16.8 Å². The molecule has 0 unspecified atom stereocenters. The van der Waals surface area contributed by atoms with Crippen LogP contribution < -0.4 is 10.1 Å². The van der Waals surface area contributed by atoms with Gasteiger partial charge in [0.25, 0.3) is 5.91 Å². The molecule has 0 aliphatic carbocycles. The van der Waals surface area contributed by atoms with Crippen molar-refractivity contribution in [2.75, 3.05) is 13.2 Å². The van der Waals surface area contributed by atoms with E-state index in [1.165, 1.54) is 11.9 Å². The Morgan fingerprint density at radius 3 is 2.63 bits per heavy atom. The van der Waals surface area contributed by atoms with Crippen LogP contribution in [0.25, 0.3) is 5.69 Å². The van der Waals surface area contributed by atoms with Crippen molar-refractivity contribution in [3.63, 3.8) is 0 Å². The van der Waals surface area contributed by atoms with Crippen LogP contribution in [-0.2, 0) is 17.8 Å². The molecule has 3 rings (SSSR count). The van der Waals surface area contributed by atoms with Gasteiger partial charge < -0.3 is 10.1 Å².